The van der Waals surface area contributed by atoms with Crippen LogP contribution in [-0.2, 0) is 16.6 Å². The predicted molar refractivity (Wildman–Crippen MR) is 54.0 cm³/mol. The highest BCUT2D eigenvalue weighted by molar-refractivity contribution is 5.97. The lowest BCUT2D eigenvalue weighted by Gasteiger charge is -1.99. The van der Waals surface area contributed by atoms with Gasteiger partial charge in [0.05, 0.1) is 7.11 Å². The fourth-order valence-corrected chi connectivity index (χ4v) is 1.46. The molecule has 0 saturated heterocycles. The van der Waals surface area contributed by atoms with Crippen molar-refractivity contribution < 1.29 is 14.3 Å². The van der Waals surface area contributed by atoms with E-state index in [4.69, 9.17) is 0 Å². The number of esters is 1. The first-order chi connectivity index (χ1) is 7.04. The lowest BCUT2D eigenvalue weighted by atomic mass is 10.2. The zero-order valence-corrected chi connectivity index (χ0v) is 9.12. The fourth-order valence-electron chi connectivity index (χ4n) is 1.46. The molecular weight excluding hydrogens is 196 g/mol. The number of carbonyl (C=O) groups is 1. The van der Waals surface area contributed by atoms with E-state index in [1.807, 2.05) is 0 Å². The van der Waals surface area contributed by atoms with Gasteiger partial charge >= 0.3 is 5.97 Å². The minimum atomic E-state index is -0.495. The molecule has 0 radical (unpaired) electrons. The van der Waals surface area contributed by atoms with Gasteiger partial charge in [0.1, 0.15) is 11.3 Å². The van der Waals surface area contributed by atoms with Crippen LogP contribution in [0.2, 0.25) is 0 Å². The number of isocyanates is 1. The lowest BCUT2D eigenvalue weighted by Crippen LogP contribution is -2.03. The number of aromatic nitrogens is 1. The molecule has 0 atom stereocenters. The van der Waals surface area contributed by atoms with Gasteiger partial charge in [0.15, 0.2) is 0 Å². The van der Waals surface area contributed by atoms with Crippen molar-refractivity contribution in [2.24, 2.45) is 12.0 Å². The van der Waals surface area contributed by atoms with Crippen LogP contribution in [-0.4, -0.2) is 23.7 Å². The number of aliphatic imine (C=N–C) groups is 1. The van der Waals surface area contributed by atoms with E-state index in [1.165, 1.54) is 13.2 Å². The van der Waals surface area contributed by atoms with Crippen LogP contribution in [0.15, 0.2) is 4.99 Å². The second-order valence-electron chi connectivity index (χ2n) is 3.15. The Hall–Kier alpha value is -1.87. The summed E-state index contributed by atoms with van der Waals surface area (Å²) < 4.78 is 6.41. The van der Waals surface area contributed by atoms with Crippen LogP contribution in [0.4, 0.5) is 5.69 Å². The summed E-state index contributed by atoms with van der Waals surface area (Å²) in [7, 11) is 3.08. The molecule has 80 valence electrons. The van der Waals surface area contributed by atoms with Crippen LogP contribution in [0.3, 0.4) is 0 Å². The van der Waals surface area contributed by atoms with Crippen molar-refractivity contribution in [3.63, 3.8) is 0 Å². The number of rotatable bonds is 2. The summed E-state index contributed by atoms with van der Waals surface area (Å²) in [5.74, 6) is -0.495. The third-order valence-electron chi connectivity index (χ3n) is 2.49. The van der Waals surface area contributed by atoms with Crippen LogP contribution in [0.5, 0.6) is 0 Å². The SMILES string of the molecule is COC(=O)c1c(N=C=O)c(C)n(C)c1C. The van der Waals surface area contributed by atoms with Gasteiger partial charge in [-0.3, -0.25) is 0 Å². The molecule has 5 heteroatoms. The lowest BCUT2D eigenvalue weighted by molar-refractivity contribution is 0.0601. The summed E-state index contributed by atoms with van der Waals surface area (Å²) in [6.45, 7) is 3.54. The maximum atomic E-state index is 11.5. The number of nitrogens with zero attached hydrogens (tertiary/aromatic N) is 2. The summed E-state index contributed by atoms with van der Waals surface area (Å²) in [5, 5.41) is 0. The van der Waals surface area contributed by atoms with E-state index in [9.17, 15) is 9.59 Å². The molecule has 15 heavy (non-hydrogen) atoms. The molecule has 0 aliphatic heterocycles. The Morgan fingerprint density at radius 3 is 2.47 bits per heavy atom. The molecule has 1 aromatic rings. The topological polar surface area (TPSA) is 60.7 Å². The molecule has 1 heterocycles. The molecule has 0 unspecified atom stereocenters. The molecule has 1 aromatic heterocycles. The molecular formula is C10H12N2O3. The second kappa shape index (κ2) is 4.11. The van der Waals surface area contributed by atoms with Crippen molar-refractivity contribution in [3.05, 3.63) is 17.0 Å². The summed E-state index contributed by atoms with van der Waals surface area (Å²) in [5.41, 5.74) is 2.10. The van der Waals surface area contributed by atoms with Crippen molar-refractivity contribution in [3.8, 4) is 0 Å². The fraction of sp³-hybridized carbons (Fsp3) is 0.400. The third kappa shape index (κ3) is 1.69. The summed E-state index contributed by atoms with van der Waals surface area (Å²) in [6.07, 6.45) is 1.44. The molecule has 0 spiro atoms. The number of methoxy groups -OCH3 is 1. The average molecular weight is 208 g/mol. The Morgan fingerprint density at radius 2 is 2.00 bits per heavy atom. The van der Waals surface area contributed by atoms with E-state index in [1.54, 1.807) is 25.5 Å². The molecule has 5 nitrogen and oxygen atoms in total. The van der Waals surface area contributed by atoms with Crippen molar-refractivity contribution in [1.29, 1.82) is 0 Å². The van der Waals surface area contributed by atoms with Crippen molar-refractivity contribution in [2.45, 2.75) is 13.8 Å². The molecule has 0 aliphatic rings. The Balaban J connectivity index is 3.54. The number of hydrogen-bond donors (Lipinski definition) is 0. The number of carbonyl (C=O) groups excluding carboxylic acids is 2. The third-order valence-corrected chi connectivity index (χ3v) is 2.49. The summed E-state index contributed by atoms with van der Waals surface area (Å²) >= 11 is 0. The van der Waals surface area contributed by atoms with E-state index in [2.05, 4.69) is 9.73 Å². The van der Waals surface area contributed by atoms with E-state index >= 15 is 0 Å². The standard InChI is InChI=1S/C10H12N2O3/c1-6-8(10(14)15-4)9(11-5-13)7(2)12(6)3/h1-4H3. The van der Waals surface area contributed by atoms with Crippen LogP contribution >= 0.6 is 0 Å². The maximum absolute atomic E-state index is 11.5. The van der Waals surface area contributed by atoms with Gasteiger partial charge in [-0.1, -0.05) is 0 Å². The van der Waals surface area contributed by atoms with Crippen LogP contribution in [0.1, 0.15) is 21.7 Å². The van der Waals surface area contributed by atoms with Crippen molar-refractivity contribution >= 4 is 17.7 Å². The van der Waals surface area contributed by atoms with Gasteiger partial charge in [-0.25, -0.2) is 9.59 Å². The second-order valence-corrected chi connectivity index (χ2v) is 3.15. The van der Waals surface area contributed by atoms with Gasteiger partial charge in [-0.05, 0) is 13.8 Å². The molecule has 0 aromatic carbocycles. The summed E-state index contributed by atoms with van der Waals surface area (Å²) in [6, 6.07) is 0. The number of hydrogen-bond acceptors (Lipinski definition) is 4. The van der Waals surface area contributed by atoms with E-state index in [0.29, 0.717) is 16.9 Å². The van der Waals surface area contributed by atoms with E-state index in [-0.39, 0.29) is 0 Å². The normalized spacial score (nSPS) is 9.60. The first-order valence-electron chi connectivity index (χ1n) is 4.36. The van der Waals surface area contributed by atoms with Crippen molar-refractivity contribution in [1.82, 2.24) is 4.57 Å². The van der Waals surface area contributed by atoms with Crippen LogP contribution in [0.25, 0.3) is 0 Å². The van der Waals surface area contributed by atoms with Crippen molar-refractivity contribution in [2.75, 3.05) is 7.11 Å². The molecule has 0 N–H and O–H groups in total. The maximum Gasteiger partial charge on any atom is 0.341 e. The minimum Gasteiger partial charge on any atom is -0.465 e. The van der Waals surface area contributed by atoms with Gasteiger partial charge < -0.3 is 9.30 Å². The first-order valence-corrected chi connectivity index (χ1v) is 4.36. The van der Waals surface area contributed by atoms with E-state index in [0.717, 1.165) is 5.69 Å². The Bertz CT molecular complexity index is 454. The van der Waals surface area contributed by atoms with Gasteiger partial charge in [-0.2, -0.15) is 4.99 Å². The van der Waals surface area contributed by atoms with Crippen LogP contribution in [0, 0.1) is 13.8 Å². The molecule has 0 saturated carbocycles. The highest BCUT2D eigenvalue weighted by Crippen LogP contribution is 2.29. The molecule has 0 fully saturated rings. The van der Waals surface area contributed by atoms with E-state index < -0.39 is 5.97 Å². The highest BCUT2D eigenvalue weighted by atomic mass is 16.5. The zero-order valence-electron chi connectivity index (χ0n) is 9.12. The number of ether oxygens (including phenoxy) is 1. The average Bonchev–Trinajstić information content (AvgIpc) is 2.44. The molecule has 0 aliphatic carbocycles. The van der Waals surface area contributed by atoms with Crippen LogP contribution < -0.4 is 0 Å². The predicted octanol–water partition coefficient (Wildman–Crippen LogP) is 1.40. The highest BCUT2D eigenvalue weighted by Gasteiger charge is 2.21. The monoisotopic (exact) mass is 208 g/mol. The largest absolute Gasteiger partial charge is 0.465 e. The van der Waals surface area contributed by atoms with Gasteiger partial charge in [0, 0.05) is 18.4 Å². The first kappa shape index (κ1) is 11.2. The molecule has 0 amide bonds. The smallest absolute Gasteiger partial charge is 0.341 e. The van der Waals surface area contributed by atoms with Gasteiger partial charge in [0.2, 0.25) is 6.08 Å². The minimum absolute atomic E-state index is 0.320. The molecule has 1 rings (SSSR count). The summed E-state index contributed by atoms with van der Waals surface area (Å²) in [4.78, 5) is 25.3. The van der Waals surface area contributed by atoms with Gasteiger partial charge in [0.25, 0.3) is 0 Å². The Labute approximate surface area is 87.4 Å². The van der Waals surface area contributed by atoms with Gasteiger partial charge in [-0.15, -0.1) is 0 Å². The Morgan fingerprint density at radius 1 is 1.40 bits per heavy atom. The quantitative estimate of drug-likeness (QED) is 0.419. The zero-order chi connectivity index (χ0) is 11.6. The molecule has 0 bridgehead atoms. The Kier molecular flexibility index (Phi) is 3.07.